The summed E-state index contributed by atoms with van der Waals surface area (Å²) in [5, 5.41) is 11.8. The maximum absolute atomic E-state index is 13.6. The second-order valence-electron chi connectivity index (χ2n) is 8.79. The highest BCUT2D eigenvalue weighted by Gasteiger charge is 2.28. The Bertz CT molecular complexity index is 1490. The van der Waals surface area contributed by atoms with Crippen LogP contribution in [-0.4, -0.2) is 41.5 Å². The van der Waals surface area contributed by atoms with Crippen molar-refractivity contribution >= 4 is 59.9 Å². The maximum atomic E-state index is 13.6. The van der Waals surface area contributed by atoms with Gasteiger partial charge in [0.1, 0.15) is 10.3 Å². The zero-order valence-electron chi connectivity index (χ0n) is 20.0. The van der Waals surface area contributed by atoms with E-state index in [-0.39, 0.29) is 0 Å². The van der Waals surface area contributed by atoms with Gasteiger partial charge in [-0.25, -0.2) is 13.2 Å². The molecule has 1 N–H and O–H groups in total. The van der Waals surface area contributed by atoms with E-state index >= 15 is 0 Å². The molecule has 1 atom stereocenters. The lowest BCUT2D eigenvalue weighted by atomic mass is 10.1. The number of benzene rings is 2. The first-order valence-electron chi connectivity index (χ1n) is 11.6. The number of hydrogen-bond acceptors (Lipinski definition) is 4. The van der Waals surface area contributed by atoms with Crippen LogP contribution in [0, 0.1) is 6.92 Å². The molecule has 9 heteroatoms. The van der Waals surface area contributed by atoms with Gasteiger partial charge >= 0.3 is 5.97 Å². The van der Waals surface area contributed by atoms with Gasteiger partial charge in [-0.15, -0.1) is 11.3 Å². The number of halogens is 1. The molecule has 0 amide bonds. The number of hydrogen-bond donors (Lipinski definition) is 1. The highest BCUT2D eigenvalue weighted by molar-refractivity contribution is 7.91. The molecule has 2 aromatic carbocycles. The zero-order chi connectivity index (χ0) is 25.3. The summed E-state index contributed by atoms with van der Waals surface area (Å²) in [7, 11) is -3.62. The highest BCUT2D eigenvalue weighted by Crippen LogP contribution is 2.37. The van der Waals surface area contributed by atoms with Crippen LogP contribution in [0.3, 0.4) is 0 Å². The first-order chi connectivity index (χ1) is 16.6. The lowest BCUT2D eigenvalue weighted by Crippen LogP contribution is -2.33. The summed E-state index contributed by atoms with van der Waals surface area (Å²) in [6.45, 7) is 6.38. The van der Waals surface area contributed by atoms with E-state index < -0.39 is 22.0 Å². The minimum atomic E-state index is -3.62. The van der Waals surface area contributed by atoms with E-state index in [0.717, 1.165) is 45.0 Å². The number of carbonyl (C=O) groups is 1. The molecule has 0 fully saturated rings. The number of carboxylic acid groups (broad SMARTS) is 1. The van der Waals surface area contributed by atoms with Gasteiger partial charge in [0, 0.05) is 34.5 Å². The van der Waals surface area contributed by atoms with E-state index in [9.17, 15) is 18.3 Å². The van der Waals surface area contributed by atoms with E-state index in [2.05, 4.69) is 6.07 Å². The minimum absolute atomic E-state index is 0.388. The van der Waals surface area contributed by atoms with Crippen molar-refractivity contribution in [2.45, 2.75) is 50.3 Å². The molecule has 6 nitrogen and oxygen atoms in total. The van der Waals surface area contributed by atoms with E-state index in [4.69, 9.17) is 11.6 Å². The largest absolute Gasteiger partial charge is 0.480 e. The van der Waals surface area contributed by atoms with E-state index in [1.165, 1.54) is 11.3 Å². The van der Waals surface area contributed by atoms with Crippen molar-refractivity contribution in [3.63, 3.8) is 0 Å². The molecule has 4 rings (SSSR count). The van der Waals surface area contributed by atoms with Gasteiger partial charge in [0.2, 0.25) is 0 Å². The Morgan fingerprint density at radius 3 is 2.66 bits per heavy atom. The first kappa shape index (κ1) is 25.7. The number of nitrogens with zero attached hydrogens (tertiary/aromatic N) is 2. The fourth-order valence-corrected chi connectivity index (χ4v) is 8.04. The third-order valence-corrected chi connectivity index (χ3v) is 10.3. The molecule has 0 saturated heterocycles. The Hall–Kier alpha value is -2.39. The standard InChI is InChI=1S/C26H29ClN2O4S2/c1-4-12-28(35(32,33)26-17(2)22-16-21(27)8-10-24(22)34-26)13-5-6-19-7-9-23-20(15-19)11-14-29(23)18(3)25(30)31/h7-11,14-16,18H,4-6,12-13H2,1-3H3,(H,30,31). The van der Waals surface area contributed by atoms with Crippen molar-refractivity contribution in [1.29, 1.82) is 0 Å². The topological polar surface area (TPSA) is 79.6 Å². The van der Waals surface area contributed by atoms with Crippen molar-refractivity contribution < 1.29 is 18.3 Å². The summed E-state index contributed by atoms with van der Waals surface area (Å²) >= 11 is 7.44. The summed E-state index contributed by atoms with van der Waals surface area (Å²) in [5.41, 5.74) is 2.72. The Morgan fingerprint density at radius 1 is 1.17 bits per heavy atom. The van der Waals surface area contributed by atoms with Crippen molar-refractivity contribution in [2.75, 3.05) is 13.1 Å². The molecule has 0 saturated carbocycles. The third-order valence-electron chi connectivity index (χ3n) is 6.33. The molecule has 0 aliphatic carbocycles. The number of carboxylic acids is 1. The van der Waals surface area contributed by atoms with Crippen LogP contribution in [0.2, 0.25) is 5.02 Å². The molecule has 4 aromatic rings. The average molecular weight is 533 g/mol. The summed E-state index contributed by atoms with van der Waals surface area (Å²) in [5.74, 6) is -0.874. The normalized spacial score (nSPS) is 13.2. The number of sulfonamides is 1. The predicted molar refractivity (Wildman–Crippen MR) is 143 cm³/mol. The van der Waals surface area contributed by atoms with Crippen LogP contribution in [0.15, 0.2) is 52.9 Å². The quantitative estimate of drug-likeness (QED) is 0.253. The summed E-state index contributed by atoms with van der Waals surface area (Å²) < 4.78 is 31.8. The zero-order valence-corrected chi connectivity index (χ0v) is 22.4. The summed E-state index contributed by atoms with van der Waals surface area (Å²) in [6, 6.07) is 12.8. The lowest BCUT2D eigenvalue weighted by molar-refractivity contribution is -0.140. The fourth-order valence-electron chi connectivity index (χ4n) is 4.42. The van der Waals surface area contributed by atoms with E-state index in [0.29, 0.717) is 28.7 Å². The van der Waals surface area contributed by atoms with Gasteiger partial charge in [-0.2, -0.15) is 4.31 Å². The summed E-state index contributed by atoms with van der Waals surface area (Å²) in [4.78, 5) is 11.4. The maximum Gasteiger partial charge on any atom is 0.326 e. The molecule has 0 aliphatic rings. The summed E-state index contributed by atoms with van der Waals surface area (Å²) in [6.07, 6.45) is 3.94. The van der Waals surface area contributed by atoms with Gasteiger partial charge in [0.05, 0.1) is 0 Å². The number of aromatic nitrogens is 1. The van der Waals surface area contributed by atoms with Gasteiger partial charge < -0.3 is 9.67 Å². The number of fused-ring (bicyclic) bond motifs is 2. The molecule has 1 unspecified atom stereocenters. The second-order valence-corrected chi connectivity index (χ2v) is 12.4. The van der Waals surface area contributed by atoms with Crippen LogP contribution in [-0.2, 0) is 21.2 Å². The highest BCUT2D eigenvalue weighted by atomic mass is 35.5. The van der Waals surface area contributed by atoms with Crippen molar-refractivity contribution in [3.8, 4) is 0 Å². The van der Waals surface area contributed by atoms with Gasteiger partial charge in [-0.3, -0.25) is 0 Å². The Balaban J connectivity index is 1.51. The molecule has 35 heavy (non-hydrogen) atoms. The predicted octanol–water partition coefficient (Wildman–Crippen LogP) is 6.50. The molecular formula is C26H29ClN2O4S2. The van der Waals surface area contributed by atoms with Crippen LogP contribution in [0.4, 0.5) is 0 Å². The smallest absolute Gasteiger partial charge is 0.326 e. The van der Waals surface area contributed by atoms with E-state index in [1.54, 1.807) is 28.1 Å². The number of aryl methyl sites for hydroxylation is 2. The monoisotopic (exact) mass is 532 g/mol. The average Bonchev–Trinajstić information content (AvgIpc) is 3.39. The van der Waals surface area contributed by atoms with Gasteiger partial charge in [0.15, 0.2) is 0 Å². The Kier molecular flexibility index (Phi) is 7.57. The molecule has 2 heterocycles. The molecular weight excluding hydrogens is 504 g/mol. The Labute approximate surface area is 214 Å². The lowest BCUT2D eigenvalue weighted by Gasteiger charge is -2.21. The van der Waals surface area contributed by atoms with Gasteiger partial charge in [-0.1, -0.05) is 24.6 Å². The van der Waals surface area contributed by atoms with E-state index in [1.807, 2.05) is 44.2 Å². The van der Waals surface area contributed by atoms with Crippen molar-refractivity contribution in [3.05, 3.63) is 64.8 Å². The molecule has 0 radical (unpaired) electrons. The van der Waals surface area contributed by atoms with Crippen molar-refractivity contribution in [1.82, 2.24) is 8.87 Å². The minimum Gasteiger partial charge on any atom is -0.480 e. The molecule has 2 aromatic heterocycles. The molecule has 0 spiro atoms. The molecule has 0 bridgehead atoms. The first-order valence-corrected chi connectivity index (χ1v) is 14.3. The second kappa shape index (κ2) is 10.3. The van der Waals surface area contributed by atoms with Gasteiger partial charge in [-0.05, 0) is 91.4 Å². The van der Waals surface area contributed by atoms with Crippen LogP contribution < -0.4 is 0 Å². The fraction of sp³-hybridized carbons (Fsp3) is 0.346. The SMILES string of the molecule is CCCN(CCCc1ccc2c(ccn2C(C)C(=O)O)c1)S(=O)(=O)c1sc2ccc(Cl)cc2c1C. The Morgan fingerprint density at radius 2 is 1.94 bits per heavy atom. The van der Waals surface area contributed by atoms with Crippen LogP contribution >= 0.6 is 22.9 Å². The third kappa shape index (κ3) is 5.11. The van der Waals surface area contributed by atoms with Crippen molar-refractivity contribution in [2.24, 2.45) is 0 Å². The number of rotatable bonds is 10. The van der Waals surface area contributed by atoms with Crippen LogP contribution in [0.5, 0.6) is 0 Å². The number of thiophene rings is 1. The molecule has 186 valence electrons. The number of aliphatic carboxylic acids is 1. The van der Waals surface area contributed by atoms with Gasteiger partial charge in [0.25, 0.3) is 10.0 Å². The van der Waals surface area contributed by atoms with Crippen LogP contribution in [0.25, 0.3) is 21.0 Å². The van der Waals surface area contributed by atoms with Crippen LogP contribution in [0.1, 0.15) is 43.9 Å². The molecule has 0 aliphatic heterocycles.